The van der Waals surface area contributed by atoms with Crippen molar-refractivity contribution in [1.29, 1.82) is 0 Å². The standard InChI is InChI=1S/C34H33N3O5S2/c1-19-6-12-22(13-7-19)35-25(38)18-36-32-29(44-33(36)41)26(20-8-10-21(11-9-20)34(2,3)4)27-28(43-32)31(40)37(30(27)39)23-14-16-24(42-5)17-15-23/h6-17,26-28H,18H2,1-5H3,(H,35,38). The maximum absolute atomic E-state index is 14.1. The zero-order chi connectivity index (χ0) is 31.3. The number of carbonyl (C=O) groups is 3. The zero-order valence-corrected chi connectivity index (χ0v) is 26.8. The summed E-state index contributed by atoms with van der Waals surface area (Å²) in [7, 11) is 1.56. The molecule has 0 aliphatic carbocycles. The van der Waals surface area contributed by atoms with Crippen LogP contribution in [0.5, 0.6) is 5.75 Å². The molecule has 0 spiro atoms. The van der Waals surface area contributed by atoms with Gasteiger partial charge < -0.3 is 10.1 Å². The minimum absolute atomic E-state index is 0.0715. The van der Waals surface area contributed by atoms with Gasteiger partial charge in [-0.2, -0.15) is 0 Å². The maximum Gasteiger partial charge on any atom is 0.308 e. The van der Waals surface area contributed by atoms with E-state index in [0.29, 0.717) is 27.0 Å². The second kappa shape index (κ2) is 11.4. The highest BCUT2D eigenvalue weighted by atomic mass is 32.2. The number of nitrogens with zero attached hydrogens (tertiary/aromatic N) is 2. The number of benzene rings is 3. The summed E-state index contributed by atoms with van der Waals surface area (Å²) < 4.78 is 6.70. The van der Waals surface area contributed by atoms with Gasteiger partial charge in [0.1, 0.15) is 17.5 Å². The topological polar surface area (TPSA) is 97.7 Å². The third-order valence-corrected chi connectivity index (χ3v) is 10.8. The molecule has 0 bridgehead atoms. The van der Waals surface area contributed by atoms with Crippen molar-refractivity contribution < 1.29 is 19.1 Å². The number of thioether (sulfide) groups is 1. The van der Waals surface area contributed by atoms with Gasteiger partial charge in [-0.3, -0.25) is 23.7 Å². The molecule has 226 valence electrons. The molecule has 6 rings (SSSR count). The van der Waals surface area contributed by atoms with Gasteiger partial charge in [0.2, 0.25) is 17.7 Å². The number of anilines is 2. The minimum atomic E-state index is -0.759. The Hall–Kier alpha value is -4.15. The van der Waals surface area contributed by atoms with E-state index in [4.69, 9.17) is 4.74 Å². The molecule has 3 atom stereocenters. The highest BCUT2D eigenvalue weighted by Gasteiger charge is 2.56. The van der Waals surface area contributed by atoms with Gasteiger partial charge in [-0.05, 0) is 59.9 Å². The number of hydrogen-bond acceptors (Lipinski definition) is 7. The predicted octanol–water partition coefficient (Wildman–Crippen LogP) is 5.96. The van der Waals surface area contributed by atoms with Crippen molar-refractivity contribution in [2.45, 2.75) is 55.8 Å². The maximum atomic E-state index is 14.1. The quantitative estimate of drug-likeness (QED) is 0.265. The summed E-state index contributed by atoms with van der Waals surface area (Å²) in [4.78, 5) is 56.3. The molecule has 44 heavy (non-hydrogen) atoms. The first-order valence-electron chi connectivity index (χ1n) is 14.4. The van der Waals surface area contributed by atoms with E-state index in [-0.39, 0.29) is 34.6 Å². The lowest BCUT2D eigenvalue weighted by Crippen LogP contribution is -2.33. The molecule has 1 N–H and O–H groups in total. The molecular formula is C34H33N3O5S2. The van der Waals surface area contributed by atoms with E-state index in [2.05, 4.69) is 26.1 Å². The molecule has 3 unspecified atom stereocenters. The van der Waals surface area contributed by atoms with Crippen molar-refractivity contribution in [2.75, 3.05) is 17.3 Å². The van der Waals surface area contributed by atoms with Crippen LogP contribution < -0.4 is 19.8 Å². The molecule has 1 saturated heterocycles. The monoisotopic (exact) mass is 627 g/mol. The Kier molecular flexibility index (Phi) is 7.75. The lowest BCUT2D eigenvalue weighted by Gasteiger charge is -2.31. The number of imide groups is 1. The summed E-state index contributed by atoms with van der Waals surface area (Å²) in [6, 6.07) is 22.3. The van der Waals surface area contributed by atoms with Crippen LogP contribution in [0.1, 0.15) is 48.3 Å². The van der Waals surface area contributed by atoms with Crippen LogP contribution in [0, 0.1) is 12.8 Å². The fraction of sp³-hybridized carbons (Fsp3) is 0.294. The van der Waals surface area contributed by atoms with E-state index in [9.17, 15) is 19.2 Å². The van der Waals surface area contributed by atoms with Gasteiger partial charge in [-0.1, -0.05) is 85.8 Å². The highest BCUT2D eigenvalue weighted by Crippen LogP contribution is 2.54. The number of thiazole rings is 1. The molecule has 3 heterocycles. The van der Waals surface area contributed by atoms with Crippen molar-refractivity contribution in [3.8, 4) is 5.75 Å². The lowest BCUT2D eigenvalue weighted by molar-refractivity contribution is -0.122. The van der Waals surface area contributed by atoms with E-state index in [0.717, 1.165) is 28.0 Å². The van der Waals surface area contributed by atoms with E-state index >= 15 is 0 Å². The lowest BCUT2D eigenvalue weighted by atomic mass is 9.81. The number of nitrogens with one attached hydrogen (secondary N) is 1. The normalized spacial score (nSPS) is 19.5. The van der Waals surface area contributed by atoms with E-state index in [1.807, 2.05) is 55.5 Å². The molecule has 0 saturated carbocycles. The van der Waals surface area contributed by atoms with Crippen molar-refractivity contribution in [3.05, 3.63) is 104 Å². The Labute approximate surface area is 264 Å². The van der Waals surface area contributed by atoms with E-state index < -0.39 is 17.1 Å². The first kappa shape index (κ1) is 29.9. The van der Waals surface area contributed by atoms with Gasteiger partial charge in [-0.25, -0.2) is 4.90 Å². The molecule has 8 nitrogen and oxygen atoms in total. The third-order valence-electron chi connectivity index (χ3n) is 8.15. The summed E-state index contributed by atoms with van der Waals surface area (Å²) in [6.07, 6.45) is 0. The number of carbonyl (C=O) groups excluding carboxylic acids is 3. The van der Waals surface area contributed by atoms with Crippen molar-refractivity contribution in [2.24, 2.45) is 5.92 Å². The minimum Gasteiger partial charge on any atom is -0.497 e. The number of amides is 3. The molecule has 2 aliphatic rings. The molecule has 1 fully saturated rings. The van der Waals surface area contributed by atoms with Gasteiger partial charge >= 0.3 is 4.87 Å². The van der Waals surface area contributed by atoms with Crippen LogP contribution in [0.4, 0.5) is 11.4 Å². The summed E-state index contributed by atoms with van der Waals surface area (Å²) in [5.41, 5.74) is 4.08. The van der Waals surface area contributed by atoms with Crippen molar-refractivity contribution >= 4 is 52.2 Å². The van der Waals surface area contributed by atoms with Crippen molar-refractivity contribution in [1.82, 2.24) is 4.57 Å². The zero-order valence-electron chi connectivity index (χ0n) is 25.1. The molecule has 10 heteroatoms. The molecule has 0 radical (unpaired) electrons. The number of ether oxygens (including phenoxy) is 1. The van der Waals surface area contributed by atoms with Crippen LogP contribution in [0.2, 0.25) is 0 Å². The largest absolute Gasteiger partial charge is 0.497 e. The van der Waals surface area contributed by atoms with Crippen LogP contribution >= 0.6 is 23.1 Å². The van der Waals surface area contributed by atoms with Crippen LogP contribution in [-0.2, 0) is 26.3 Å². The second-order valence-electron chi connectivity index (χ2n) is 12.2. The van der Waals surface area contributed by atoms with Gasteiger partial charge in [0.25, 0.3) is 0 Å². The van der Waals surface area contributed by atoms with Gasteiger partial charge in [-0.15, -0.1) is 0 Å². The molecule has 3 aromatic carbocycles. The van der Waals surface area contributed by atoms with Gasteiger partial charge in [0, 0.05) is 16.5 Å². The molecular weight excluding hydrogens is 595 g/mol. The Morgan fingerprint density at radius 1 is 0.909 bits per heavy atom. The summed E-state index contributed by atoms with van der Waals surface area (Å²) in [6.45, 7) is 8.15. The Bertz CT molecular complexity index is 1800. The highest BCUT2D eigenvalue weighted by molar-refractivity contribution is 8.00. The number of rotatable bonds is 6. The number of hydrogen-bond donors (Lipinski definition) is 1. The fourth-order valence-corrected chi connectivity index (χ4v) is 8.54. The number of methoxy groups -OCH3 is 1. The van der Waals surface area contributed by atoms with E-state index in [1.165, 1.54) is 21.2 Å². The molecule has 2 aliphatic heterocycles. The first-order valence-corrected chi connectivity index (χ1v) is 16.0. The Balaban J connectivity index is 1.41. The van der Waals surface area contributed by atoms with Crippen molar-refractivity contribution in [3.63, 3.8) is 0 Å². The van der Waals surface area contributed by atoms with E-state index in [1.54, 1.807) is 31.4 Å². The van der Waals surface area contributed by atoms with Crippen LogP contribution in [0.15, 0.2) is 82.6 Å². The summed E-state index contributed by atoms with van der Waals surface area (Å²) in [5, 5.41) is 2.66. The smallest absolute Gasteiger partial charge is 0.308 e. The molecule has 4 aromatic rings. The van der Waals surface area contributed by atoms with Gasteiger partial charge in [0.15, 0.2) is 0 Å². The average Bonchev–Trinajstić information content (AvgIpc) is 3.44. The SMILES string of the molecule is COc1ccc(N2C(=O)C3Sc4c(sc(=O)n4CC(=O)Nc4ccc(C)cc4)C(c4ccc(C(C)(C)C)cc4)C3C2=O)cc1. The van der Waals surface area contributed by atoms with Crippen LogP contribution in [-0.4, -0.2) is 34.6 Å². The first-order chi connectivity index (χ1) is 21.0. The fourth-order valence-electron chi connectivity index (χ4n) is 5.77. The molecule has 3 amide bonds. The second-order valence-corrected chi connectivity index (χ2v) is 14.3. The molecule has 1 aromatic heterocycles. The van der Waals surface area contributed by atoms with Crippen LogP contribution in [0.3, 0.4) is 0 Å². The number of fused-ring (bicyclic) bond motifs is 2. The number of aryl methyl sites for hydroxylation is 1. The van der Waals surface area contributed by atoms with Crippen LogP contribution in [0.25, 0.3) is 0 Å². The Morgan fingerprint density at radius 3 is 2.18 bits per heavy atom. The Morgan fingerprint density at radius 2 is 1.57 bits per heavy atom. The predicted molar refractivity (Wildman–Crippen MR) is 174 cm³/mol. The average molecular weight is 628 g/mol. The summed E-state index contributed by atoms with van der Waals surface area (Å²) >= 11 is 2.25. The third kappa shape index (κ3) is 5.37. The van der Waals surface area contributed by atoms with Gasteiger partial charge in [0.05, 0.1) is 23.7 Å². The summed E-state index contributed by atoms with van der Waals surface area (Å²) in [5.74, 6) is -1.62. The number of aromatic nitrogens is 1.